The van der Waals surface area contributed by atoms with E-state index >= 15 is 0 Å². The van der Waals surface area contributed by atoms with Crippen molar-refractivity contribution in [2.24, 2.45) is 0 Å². The van der Waals surface area contributed by atoms with Gasteiger partial charge in [0.25, 0.3) is 0 Å². The van der Waals surface area contributed by atoms with Gasteiger partial charge in [-0.15, -0.1) is 0 Å². The third-order valence-electron chi connectivity index (χ3n) is 3.17. The molecule has 0 spiro atoms. The zero-order valence-corrected chi connectivity index (χ0v) is 13.6. The van der Waals surface area contributed by atoms with Crippen LogP contribution in [0.5, 0.6) is 0 Å². The molecule has 2 amide bonds. The predicted molar refractivity (Wildman–Crippen MR) is 86.4 cm³/mol. The molecule has 2 aromatic rings. The lowest BCUT2D eigenvalue weighted by Gasteiger charge is -2.18. The average molecular weight is 336 g/mol. The van der Waals surface area contributed by atoms with Crippen molar-refractivity contribution < 1.29 is 17.6 Å². The first-order valence-corrected chi connectivity index (χ1v) is 8.71. The van der Waals surface area contributed by atoms with Crippen LogP contribution in [0.2, 0.25) is 0 Å². The van der Waals surface area contributed by atoms with Gasteiger partial charge in [-0.3, -0.25) is 0 Å². The maximum atomic E-state index is 13.1. The summed E-state index contributed by atoms with van der Waals surface area (Å²) in [6.07, 6.45) is 1.10. The minimum atomic E-state index is -3.34. The number of nitrogens with zero attached hydrogens (tertiary/aromatic N) is 1. The molecule has 7 heteroatoms. The standard InChI is InChI=1S/C16H17FN2O3S/c1-19(11-12-5-3-6-13(17)9-12)16(20)18-14-7-4-8-15(10-14)23(2,21)22/h3-10H,11H2,1-2H3,(H,18,20). The van der Waals surface area contributed by atoms with Crippen LogP contribution in [0.25, 0.3) is 0 Å². The first-order chi connectivity index (χ1) is 10.8. The molecule has 0 aromatic heterocycles. The van der Waals surface area contributed by atoms with E-state index < -0.39 is 15.9 Å². The van der Waals surface area contributed by atoms with E-state index in [4.69, 9.17) is 0 Å². The van der Waals surface area contributed by atoms with Crippen LogP contribution in [-0.4, -0.2) is 32.7 Å². The van der Waals surface area contributed by atoms with E-state index in [1.165, 1.54) is 29.2 Å². The Hall–Kier alpha value is -2.41. The average Bonchev–Trinajstić information content (AvgIpc) is 2.46. The molecule has 2 aromatic carbocycles. The molecule has 0 aliphatic heterocycles. The number of halogens is 1. The number of hydrogen-bond acceptors (Lipinski definition) is 3. The Balaban J connectivity index is 2.07. The van der Waals surface area contributed by atoms with Gasteiger partial charge in [-0.1, -0.05) is 18.2 Å². The van der Waals surface area contributed by atoms with E-state index in [1.54, 1.807) is 31.3 Å². The fraction of sp³-hybridized carbons (Fsp3) is 0.188. The Bertz CT molecular complexity index is 822. The molecular weight excluding hydrogens is 319 g/mol. The minimum absolute atomic E-state index is 0.128. The molecule has 0 atom stereocenters. The van der Waals surface area contributed by atoms with Gasteiger partial charge in [-0.2, -0.15) is 0 Å². The third kappa shape index (κ3) is 4.79. The van der Waals surface area contributed by atoms with Gasteiger partial charge in [-0.05, 0) is 35.9 Å². The fourth-order valence-corrected chi connectivity index (χ4v) is 2.67. The van der Waals surface area contributed by atoms with Crippen LogP contribution in [0, 0.1) is 5.82 Å². The van der Waals surface area contributed by atoms with Crippen molar-refractivity contribution in [2.45, 2.75) is 11.4 Å². The number of carbonyl (C=O) groups excluding carboxylic acids is 1. The van der Waals surface area contributed by atoms with E-state index in [0.29, 0.717) is 11.3 Å². The van der Waals surface area contributed by atoms with Gasteiger partial charge in [-0.25, -0.2) is 17.6 Å². The molecular formula is C16H17FN2O3S. The van der Waals surface area contributed by atoms with Gasteiger partial charge in [0.05, 0.1) is 4.90 Å². The molecule has 2 rings (SSSR count). The van der Waals surface area contributed by atoms with Gasteiger partial charge in [0.2, 0.25) is 0 Å². The monoisotopic (exact) mass is 336 g/mol. The Labute approximate surface area is 134 Å². The zero-order valence-electron chi connectivity index (χ0n) is 12.8. The summed E-state index contributed by atoms with van der Waals surface area (Å²) in [7, 11) is -1.77. The molecule has 0 aliphatic carbocycles. The maximum absolute atomic E-state index is 13.1. The maximum Gasteiger partial charge on any atom is 0.321 e. The Kier molecular flexibility index (Phi) is 5.00. The van der Waals surface area contributed by atoms with Crippen LogP contribution in [0.3, 0.4) is 0 Å². The molecule has 0 aliphatic rings. The number of rotatable bonds is 4. The van der Waals surface area contributed by atoms with E-state index in [2.05, 4.69) is 5.32 Å². The lowest BCUT2D eigenvalue weighted by molar-refractivity contribution is 0.220. The van der Waals surface area contributed by atoms with Gasteiger partial charge < -0.3 is 10.2 Å². The molecule has 0 bridgehead atoms. The lowest BCUT2D eigenvalue weighted by atomic mass is 10.2. The van der Waals surface area contributed by atoms with Crippen LogP contribution < -0.4 is 5.32 Å². The highest BCUT2D eigenvalue weighted by atomic mass is 32.2. The van der Waals surface area contributed by atoms with E-state index in [9.17, 15) is 17.6 Å². The SMILES string of the molecule is CN(Cc1cccc(F)c1)C(=O)Nc1cccc(S(C)(=O)=O)c1. The second kappa shape index (κ2) is 6.78. The summed E-state index contributed by atoms with van der Waals surface area (Å²) in [5.74, 6) is -0.364. The summed E-state index contributed by atoms with van der Waals surface area (Å²) in [5.41, 5.74) is 1.04. The number of amides is 2. The summed E-state index contributed by atoms with van der Waals surface area (Å²) in [6.45, 7) is 0.232. The van der Waals surface area contributed by atoms with E-state index in [1.807, 2.05) is 0 Å². The number of carbonyl (C=O) groups is 1. The second-order valence-electron chi connectivity index (χ2n) is 5.22. The summed E-state index contributed by atoms with van der Waals surface area (Å²) in [6, 6.07) is 11.6. The molecule has 0 heterocycles. The van der Waals surface area contributed by atoms with Crippen molar-refractivity contribution in [3.05, 3.63) is 59.9 Å². The Morgan fingerprint density at radius 1 is 1.17 bits per heavy atom. The molecule has 0 radical (unpaired) electrons. The van der Waals surface area contributed by atoms with Gasteiger partial charge >= 0.3 is 6.03 Å². The van der Waals surface area contributed by atoms with Gasteiger partial charge in [0.15, 0.2) is 9.84 Å². The molecule has 1 N–H and O–H groups in total. The van der Waals surface area contributed by atoms with Crippen molar-refractivity contribution in [3.63, 3.8) is 0 Å². The number of anilines is 1. The van der Waals surface area contributed by atoms with Crippen LogP contribution in [0.1, 0.15) is 5.56 Å². The van der Waals surface area contributed by atoms with Crippen LogP contribution in [0.4, 0.5) is 14.9 Å². The van der Waals surface area contributed by atoms with Crippen molar-refractivity contribution in [2.75, 3.05) is 18.6 Å². The quantitative estimate of drug-likeness (QED) is 0.933. The highest BCUT2D eigenvalue weighted by molar-refractivity contribution is 7.90. The first-order valence-electron chi connectivity index (χ1n) is 6.82. The topological polar surface area (TPSA) is 66.5 Å². The highest BCUT2D eigenvalue weighted by Crippen LogP contribution is 2.16. The molecule has 0 unspecified atom stereocenters. The highest BCUT2D eigenvalue weighted by Gasteiger charge is 2.12. The number of sulfone groups is 1. The van der Waals surface area contributed by atoms with E-state index in [0.717, 1.165) is 6.26 Å². The van der Waals surface area contributed by atoms with Crippen molar-refractivity contribution >= 4 is 21.6 Å². The largest absolute Gasteiger partial charge is 0.323 e. The summed E-state index contributed by atoms with van der Waals surface area (Å²) >= 11 is 0. The summed E-state index contributed by atoms with van der Waals surface area (Å²) in [5, 5.41) is 2.62. The van der Waals surface area contributed by atoms with Gasteiger partial charge in [0, 0.05) is 25.5 Å². The number of nitrogens with one attached hydrogen (secondary N) is 1. The van der Waals surface area contributed by atoms with Gasteiger partial charge in [0.1, 0.15) is 5.82 Å². The smallest absolute Gasteiger partial charge is 0.321 e. The third-order valence-corrected chi connectivity index (χ3v) is 4.28. The lowest BCUT2D eigenvalue weighted by Crippen LogP contribution is -2.30. The second-order valence-corrected chi connectivity index (χ2v) is 7.23. The first kappa shape index (κ1) is 17.0. The Morgan fingerprint density at radius 3 is 2.52 bits per heavy atom. The molecule has 23 heavy (non-hydrogen) atoms. The van der Waals surface area contributed by atoms with Crippen LogP contribution in [0.15, 0.2) is 53.4 Å². The molecule has 0 fully saturated rings. The summed E-state index contributed by atoms with van der Waals surface area (Å²) in [4.78, 5) is 13.6. The van der Waals surface area contributed by atoms with Crippen LogP contribution in [-0.2, 0) is 16.4 Å². The Morgan fingerprint density at radius 2 is 1.87 bits per heavy atom. The van der Waals surface area contributed by atoms with Crippen molar-refractivity contribution in [3.8, 4) is 0 Å². The predicted octanol–water partition coefficient (Wildman–Crippen LogP) is 2.89. The molecule has 0 saturated heterocycles. The van der Waals surface area contributed by atoms with Crippen molar-refractivity contribution in [1.29, 1.82) is 0 Å². The molecule has 122 valence electrons. The molecule has 5 nitrogen and oxygen atoms in total. The molecule has 0 saturated carbocycles. The van der Waals surface area contributed by atoms with E-state index in [-0.39, 0.29) is 17.3 Å². The summed E-state index contributed by atoms with van der Waals surface area (Å²) < 4.78 is 36.2. The number of hydrogen-bond donors (Lipinski definition) is 1. The minimum Gasteiger partial charge on any atom is -0.323 e. The van der Waals surface area contributed by atoms with Crippen molar-refractivity contribution in [1.82, 2.24) is 4.90 Å². The zero-order chi connectivity index (χ0) is 17.0. The number of urea groups is 1. The van der Waals surface area contributed by atoms with Crippen LogP contribution >= 0.6 is 0 Å². The normalized spacial score (nSPS) is 11.1. The fourth-order valence-electron chi connectivity index (χ4n) is 2.00. The number of benzene rings is 2.